The quantitative estimate of drug-likeness (QED) is 0.613. The highest BCUT2D eigenvalue weighted by Crippen LogP contribution is 2.45. The molecule has 0 fully saturated rings. The van der Waals surface area contributed by atoms with Crippen molar-refractivity contribution in [1.29, 1.82) is 0 Å². The van der Waals surface area contributed by atoms with Gasteiger partial charge in [-0.2, -0.15) is 8.42 Å². The molecule has 17 heavy (non-hydrogen) atoms. The number of hydrogen-bond donors (Lipinski definition) is 0. The first-order chi connectivity index (χ1) is 7.71. The Bertz CT molecular complexity index is 458. The van der Waals surface area contributed by atoms with Crippen LogP contribution in [0.5, 0.6) is 0 Å². The van der Waals surface area contributed by atoms with E-state index in [0.29, 0.717) is 0 Å². The van der Waals surface area contributed by atoms with Crippen LogP contribution in [0.25, 0.3) is 0 Å². The van der Waals surface area contributed by atoms with Crippen LogP contribution >= 0.6 is 7.26 Å². The molecule has 0 radical (unpaired) electrons. The molecule has 0 N–H and O–H groups in total. The molecule has 0 unspecified atom stereocenters. The van der Waals surface area contributed by atoms with Crippen molar-refractivity contribution in [1.82, 2.24) is 0 Å². The van der Waals surface area contributed by atoms with E-state index in [1.807, 2.05) is 6.92 Å². The number of hydrogen-bond acceptors (Lipinski definition) is 3. The van der Waals surface area contributed by atoms with Crippen molar-refractivity contribution in [3.8, 4) is 0 Å². The summed E-state index contributed by atoms with van der Waals surface area (Å²) in [6, 6.07) is 6.70. The van der Waals surface area contributed by atoms with Crippen LogP contribution in [0.15, 0.2) is 29.2 Å². The third-order valence-electron chi connectivity index (χ3n) is 2.31. The van der Waals surface area contributed by atoms with E-state index in [1.54, 1.807) is 24.3 Å². The lowest BCUT2D eigenvalue weighted by Gasteiger charge is -2.11. The van der Waals surface area contributed by atoms with E-state index in [9.17, 15) is 8.42 Å². The minimum absolute atomic E-state index is 0.232. The van der Waals surface area contributed by atoms with Crippen molar-refractivity contribution in [3.63, 3.8) is 0 Å². The van der Waals surface area contributed by atoms with Gasteiger partial charge >= 0.3 is 0 Å². The molecule has 1 aromatic rings. The predicted octanol–water partition coefficient (Wildman–Crippen LogP) is 2.61. The minimum atomic E-state index is -3.58. The van der Waals surface area contributed by atoms with Crippen LogP contribution < -0.4 is 0 Å². The summed E-state index contributed by atoms with van der Waals surface area (Å²) in [7, 11) is -4.57. The van der Waals surface area contributed by atoms with Gasteiger partial charge in [-0.3, -0.25) is 4.18 Å². The Morgan fingerprint density at radius 1 is 1.12 bits per heavy atom. The fourth-order valence-corrected chi connectivity index (χ4v) is 2.86. The standard InChI is InChI=1S/C12H20O3PS/c1-11-5-7-12(8-6-11)17(13,14)15-9-10-16(2,3)4/h5-8H,9-10H2,1-4H3/q+1. The predicted molar refractivity (Wildman–Crippen MR) is 73.9 cm³/mol. The zero-order valence-corrected chi connectivity index (χ0v) is 12.5. The van der Waals surface area contributed by atoms with E-state index in [4.69, 9.17) is 4.18 Å². The maximum absolute atomic E-state index is 11.8. The maximum atomic E-state index is 11.8. The Hall–Kier alpha value is -0.440. The van der Waals surface area contributed by atoms with E-state index in [1.165, 1.54) is 0 Å². The van der Waals surface area contributed by atoms with E-state index in [2.05, 4.69) is 20.0 Å². The van der Waals surface area contributed by atoms with Crippen molar-refractivity contribution in [2.75, 3.05) is 32.8 Å². The Labute approximate surface area is 105 Å². The summed E-state index contributed by atoms with van der Waals surface area (Å²) < 4.78 is 28.7. The lowest BCUT2D eigenvalue weighted by molar-refractivity contribution is 0.340. The van der Waals surface area contributed by atoms with Crippen molar-refractivity contribution >= 4 is 17.4 Å². The first-order valence-electron chi connectivity index (χ1n) is 5.47. The smallest absolute Gasteiger partial charge is 0.263 e. The van der Waals surface area contributed by atoms with E-state index in [0.717, 1.165) is 11.7 Å². The van der Waals surface area contributed by atoms with Gasteiger partial charge in [0.25, 0.3) is 10.1 Å². The molecule has 5 heteroatoms. The van der Waals surface area contributed by atoms with Gasteiger partial charge in [0, 0.05) is 27.3 Å². The van der Waals surface area contributed by atoms with Crippen molar-refractivity contribution in [2.45, 2.75) is 11.8 Å². The lowest BCUT2D eigenvalue weighted by atomic mass is 10.2. The summed E-state index contributed by atoms with van der Waals surface area (Å²) in [6.45, 7) is 8.67. The zero-order valence-electron chi connectivity index (χ0n) is 10.8. The fourth-order valence-electron chi connectivity index (χ4n) is 1.19. The molecular formula is C12H20O3PS+. The topological polar surface area (TPSA) is 43.4 Å². The van der Waals surface area contributed by atoms with Gasteiger partial charge in [-0.25, -0.2) is 0 Å². The second kappa shape index (κ2) is 5.47. The molecule has 1 aromatic carbocycles. The van der Waals surface area contributed by atoms with E-state index in [-0.39, 0.29) is 11.5 Å². The summed E-state index contributed by atoms with van der Waals surface area (Å²) in [5.41, 5.74) is 1.03. The third kappa shape index (κ3) is 5.15. The van der Waals surface area contributed by atoms with Gasteiger partial charge in [-0.1, -0.05) is 17.7 Å². The highest BCUT2D eigenvalue weighted by atomic mass is 32.2. The Balaban J connectivity index is 2.66. The molecular weight excluding hydrogens is 255 g/mol. The highest BCUT2D eigenvalue weighted by molar-refractivity contribution is 7.86. The second-order valence-electron chi connectivity index (χ2n) is 5.10. The summed E-state index contributed by atoms with van der Waals surface area (Å²) in [5.74, 6) is 0. The van der Waals surface area contributed by atoms with Gasteiger partial charge in [-0.05, 0) is 19.1 Å². The Morgan fingerprint density at radius 3 is 2.12 bits per heavy atom. The molecule has 0 bridgehead atoms. The molecule has 0 amide bonds. The second-order valence-corrected chi connectivity index (χ2v) is 11.7. The zero-order chi connectivity index (χ0) is 13.1. The normalized spacial score (nSPS) is 12.7. The Kier molecular flexibility index (Phi) is 4.70. The molecule has 0 aromatic heterocycles. The van der Waals surface area contributed by atoms with Crippen LogP contribution in [0, 0.1) is 6.92 Å². The van der Waals surface area contributed by atoms with E-state index < -0.39 is 17.4 Å². The average Bonchev–Trinajstić information content (AvgIpc) is 2.15. The first kappa shape index (κ1) is 14.6. The third-order valence-corrected chi connectivity index (χ3v) is 5.16. The maximum Gasteiger partial charge on any atom is 0.297 e. The van der Waals surface area contributed by atoms with Crippen LogP contribution in [0.4, 0.5) is 0 Å². The summed E-state index contributed by atoms with van der Waals surface area (Å²) in [5, 5.41) is 0. The first-order valence-corrected chi connectivity index (χ1v) is 10.2. The van der Waals surface area contributed by atoms with Crippen LogP contribution in [-0.4, -0.2) is 41.2 Å². The molecule has 0 spiro atoms. The molecule has 0 saturated heterocycles. The molecule has 0 atom stereocenters. The van der Waals surface area contributed by atoms with Crippen LogP contribution in [0.1, 0.15) is 5.56 Å². The minimum Gasteiger partial charge on any atom is -0.263 e. The molecule has 0 aliphatic heterocycles. The summed E-state index contributed by atoms with van der Waals surface area (Å²) in [6.07, 6.45) is 0.818. The van der Waals surface area contributed by atoms with Crippen LogP contribution in [-0.2, 0) is 14.3 Å². The van der Waals surface area contributed by atoms with Gasteiger partial charge in [0.15, 0.2) is 0 Å². The van der Waals surface area contributed by atoms with Crippen molar-refractivity contribution < 1.29 is 12.6 Å². The van der Waals surface area contributed by atoms with Crippen molar-refractivity contribution in [3.05, 3.63) is 29.8 Å². The van der Waals surface area contributed by atoms with Crippen LogP contribution in [0.3, 0.4) is 0 Å². The average molecular weight is 275 g/mol. The van der Waals surface area contributed by atoms with E-state index >= 15 is 0 Å². The molecule has 96 valence electrons. The molecule has 0 saturated carbocycles. The summed E-state index contributed by atoms with van der Waals surface area (Å²) in [4.78, 5) is 0.232. The molecule has 1 rings (SSSR count). The molecule has 0 aliphatic rings. The lowest BCUT2D eigenvalue weighted by Crippen LogP contribution is -2.11. The van der Waals surface area contributed by atoms with Gasteiger partial charge < -0.3 is 0 Å². The summed E-state index contributed by atoms with van der Waals surface area (Å²) >= 11 is 0. The van der Waals surface area contributed by atoms with Gasteiger partial charge in [0.1, 0.15) is 6.61 Å². The monoisotopic (exact) mass is 275 g/mol. The van der Waals surface area contributed by atoms with Gasteiger partial charge in [-0.15, -0.1) is 0 Å². The fraction of sp³-hybridized carbons (Fsp3) is 0.500. The Morgan fingerprint density at radius 2 is 1.65 bits per heavy atom. The molecule has 0 heterocycles. The molecule has 0 aliphatic carbocycles. The number of benzene rings is 1. The number of aryl methyl sites for hydroxylation is 1. The SMILES string of the molecule is Cc1ccc(S(=O)(=O)OCC[P+](C)(C)C)cc1. The van der Waals surface area contributed by atoms with Crippen molar-refractivity contribution in [2.24, 2.45) is 0 Å². The molecule has 3 nitrogen and oxygen atoms in total. The highest BCUT2D eigenvalue weighted by Gasteiger charge is 2.20. The van der Waals surface area contributed by atoms with Crippen LogP contribution in [0.2, 0.25) is 0 Å². The van der Waals surface area contributed by atoms with Gasteiger partial charge in [0.2, 0.25) is 0 Å². The largest absolute Gasteiger partial charge is 0.297 e. The van der Waals surface area contributed by atoms with Gasteiger partial charge in [0.05, 0.1) is 11.1 Å². The number of rotatable bonds is 5.